The summed E-state index contributed by atoms with van der Waals surface area (Å²) in [5, 5.41) is 0. The van der Waals surface area contributed by atoms with Gasteiger partial charge in [-0.1, -0.05) is 24.3 Å². The molecule has 0 spiro atoms. The van der Waals surface area contributed by atoms with Crippen LogP contribution in [-0.4, -0.2) is 20.8 Å². The Labute approximate surface area is 125 Å². The maximum Gasteiger partial charge on any atom is 0.180 e. The van der Waals surface area contributed by atoms with Crippen LogP contribution in [0.1, 0.15) is 12.0 Å². The zero-order valence-electron chi connectivity index (χ0n) is 12.0. The summed E-state index contributed by atoms with van der Waals surface area (Å²) in [6.07, 6.45) is 0.421. The van der Waals surface area contributed by atoms with Crippen LogP contribution in [0.2, 0.25) is 0 Å². The summed E-state index contributed by atoms with van der Waals surface area (Å²) >= 11 is 0. The summed E-state index contributed by atoms with van der Waals surface area (Å²) in [5.74, 6) is 0.761. The van der Waals surface area contributed by atoms with Crippen molar-refractivity contribution in [2.45, 2.75) is 18.2 Å². The normalized spacial score (nSPS) is 11.3. The van der Waals surface area contributed by atoms with Crippen LogP contribution >= 0.6 is 0 Å². The topological polar surface area (TPSA) is 69.4 Å². The van der Waals surface area contributed by atoms with Gasteiger partial charge in [-0.15, -0.1) is 0 Å². The van der Waals surface area contributed by atoms with Gasteiger partial charge in [-0.05, 0) is 43.2 Å². The lowest BCUT2D eigenvalue weighted by Crippen LogP contribution is -2.12. The van der Waals surface area contributed by atoms with E-state index in [1.54, 1.807) is 18.2 Å². The van der Waals surface area contributed by atoms with Crippen LogP contribution in [0.3, 0.4) is 0 Å². The second-order valence-electron chi connectivity index (χ2n) is 4.88. The Bertz CT molecular complexity index is 697. The van der Waals surface area contributed by atoms with Gasteiger partial charge in [-0.25, -0.2) is 8.42 Å². The number of sulfone groups is 1. The Morgan fingerprint density at radius 2 is 1.81 bits per heavy atom. The van der Waals surface area contributed by atoms with Gasteiger partial charge < -0.3 is 10.5 Å². The van der Waals surface area contributed by atoms with E-state index >= 15 is 0 Å². The number of benzene rings is 2. The lowest BCUT2D eigenvalue weighted by molar-refractivity contribution is 0.317. The van der Waals surface area contributed by atoms with E-state index in [0.29, 0.717) is 18.7 Å². The first kappa shape index (κ1) is 15.4. The Morgan fingerprint density at radius 3 is 2.48 bits per heavy atom. The van der Waals surface area contributed by atoms with E-state index in [-0.39, 0.29) is 10.6 Å². The molecule has 0 radical (unpaired) electrons. The van der Waals surface area contributed by atoms with Gasteiger partial charge in [0, 0.05) is 0 Å². The fourth-order valence-corrected chi connectivity index (χ4v) is 3.43. The number of hydrogen-bond donors (Lipinski definition) is 1. The van der Waals surface area contributed by atoms with E-state index in [2.05, 4.69) is 0 Å². The van der Waals surface area contributed by atoms with Gasteiger partial charge in [0.1, 0.15) is 5.75 Å². The molecule has 2 N–H and O–H groups in total. The van der Waals surface area contributed by atoms with Crippen molar-refractivity contribution in [1.29, 1.82) is 0 Å². The van der Waals surface area contributed by atoms with Crippen LogP contribution < -0.4 is 10.5 Å². The second kappa shape index (κ2) is 6.63. The fourth-order valence-electron chi connectivity index (χ4n) is 2.02. The Morgan fingerprint density at radius 1 is 1.10 bits per heavy atom. The number of nitrogen functional groups attached to an aromatic ring is 1. The molecule has 0 aliphatic rings. The summed E-state index contributed by atoms with van der Waals surface area (Å²) in [6.45, 7) is 2.23. The van der Waals surface area contributed by atoms with Crippen molar-refractivity contribution >= 4 is 15.5 Å². The van der Waals surface area contributed by atoms with Crippen LogP contribution in [0.15, 0.2) is 53.4 Å². The lowest BCUT2D eigenvalue weighted by atomic mass is 10.2. The first-order chi connectivity index (χ1) is 9.99. The summed E-state index contributed by atoms with van der Waals surface area (Å²) in [5.41, 5.74) is 7.04. The van der Waals surface area contributed by atoms with Crippen molar-refractivity contribution in [3.63, 3.8) is 0 Å². The minimum absolute atomic E-state index is 0.0209. The molecule has 0 atom stereocenters. The van der Waals surface area contributed by atoms with E-state index in [4.69, 9.17) is 10.5 Å². The highest BCUT2D eigenvalue weighted by molar-refractivity contribution is 7.91. The molecule has 112 valence electrons. The summed E-state index contributed by atoms with van der Waals surface area (Å²) < 4.78 is 30.0. The van der Waals surface area contributed by atoms with Crippen LogP contribution in [0.25, 0.3) is 0 Å². The van der Waals surface area contributed by atoms with Crippen molar-refractivity contribution in [2.75, 3.05) is 18.1 Å². The molecule has 21 heavy (non-hydrogen) atoms. The molecule has 2 aromatic carbocycles. The number of anilines is 1. The molecule has 5 heteroatoms. The highest BCUT2D eigenvalue weighted by Gasteiger charge is 2.17. The first-order valence-electron chi connectivity index (χ1n) is 6.76. The van der Waals surface area contributed by atoms with Crippen LogP contribution in [0.5, 0.6) is 5.75 Å². The summed E-state index contributed by atoms with van der Waals surface area (Å²) in [7, 11) is -3.37. The molecule has 0 fully saturated rings. The zero-order chi connectivity index (χ0) is 15.3. The Hall–Kier alpha value is -2.01. The minimum atomic E-state index is -3.37. The van der Waals surface area contributed by atoms with E-state index < -0.39 is 9.84 Å². The molecule has 2 aromatic rings. The predicted molar refractivity (Wildman–Crippen MR) is 84.2 cm³/mol. The van der Waals surface area contributed by atoms with Crippen LogP contribution in [0.4, 0.5) is 5.69 Å². The highest BCUT2D eigenvalue weighted by atomic mass is 32.2. The van der Waals surface area contributed by atoms with Gasteiger partial charge in [0.2, 0.25) is 0 Å². The minimum Gasteiger partial charge on any atom is -0.494 e. The smallest absolute Gasteiger partial charge is 0.180 e. The maximum absolute atomic E-state index is 12.2. The molecule has 0 bridgehead atoms. The molecule has 0 amide bonds. The lowest BCUT2D eigenvalue weighted by Gasteiger charge is -2.09. The summed E-state index contributed by atoms with van der Waals surface area (Å²) in [6, 6.07) is 14.3. The maximum atomic E-state index is 12.2. The molecule has 0 saturated carbocycles. The van der Waals surface area contributed by atoms with E-state index in [9.17, 15) is 8.42 Å². The number of hydrogen-bond acceptors (Lipinski definition) is 4. The van der Waals surface area contributed by atoms with Crippen molar-refractivity contribution in [3.8, 4) is 5.75 Å². The molecule has 0 aromatic heterocycles. The summed E-state index contributed by atoms with van der Waals surface area (Å²) in [4.78, 5) is 0.202. The quantitative estimate of drug-likeness (QED) is 0.658. The van der Waals surface area contributed by atoms with Gasteiger partial charge in [-0.2, -0.15) is 0 Å². The standard InChI is InChI=1S/C16H19NO3S/c1-13-8-9-16(15(17)12-13)21(18,19)11-5-10-20-14-6-3-2-4-7-14/h2-4,6-9,12H,5,10-11,17H2,1H3. The van der Waals surface area contributed by atoms with Crippen molar-refractivity contribution in [3.05, 3.63) is 54.1 Å². The molecule has 0 aliphatic heterocycles. The average molecular weight is 305 g/mol. The van der Waals surface area contributed by atoms with Gasteiger partial charge in [0.15, 0.2) is 9.84 Å². The van der Waals surface area contributed by atoms with Gasteiger partial charge >= 0.3 is 0 Å². The molecule has 0 unspecified atom stereocenters. The number of rotatable bonds is 6. The molecular formula is C16H19NO3S. The third-order valence-electron chi connectivity index (χ3n) is 3.07. The Balaban J connectivity index is 1.92. The van der Waals surface area contributed by atoms with E-state index in [1.165, 1.54) is 0 Å². The third kappa shape index (κ3) is 4.23. The molecule has 0 aliphatic carbocycles. The first-order valence-corrected chi connectivity index (χ1v) is 8.41. The molecular weight excluding hydrogens is 286 g/mol. The van der Waals surface area contributed by atoms with E-state index in [1.807, 2.05) is 37.3 Å². The largest absolute Gasteiger partial charge is 0.494 e. The predicted octanol–water partition coefficient (Wildman–Crippen LogP) is 2.82. The van der Waals surface area contributed by atoms with Crippen LogP contribution in [-0.2, 0) is 9.84 Å². The van der Waals surface area contributed by atoms with E-state index in [0.717, 1.165) is 11.3 Å². The molecule has 0 heterocycles. The number of para-hydroxylation sites is 1. The number of ether oxygens (including phenoxy) is 1. The molecule has 4 nitrogen and oxygen atoms in total. The number of aryl methyl sites for hydroxylation is 1. The highest BCUT2D eigenvalue weighted by Crippen LogP contribution is 2.21. The molecule has 2 rings (SSSR count). The average Bonchev–Trinajstić information content (AvgIpc) is 2.44. The zero-order valence-corrected chi connectivity index (χ0v) is 12.8. The monoisotopic (exact) mass is 305 g/mol. The fraction of sp³-hybridized carbons (Fsp3) is 0.250. The van der Waals surface area contributed by atoms with Gasteiger partial charge in [0.25, 0.3) is 0 Å². The van der Waals surface area contributed by atoms with Crippen LogP contribution in [0, 0.1) is 6.92 Å². The Kier molecular flexibility index (Phi) is 4.85. The number of nitrogens with two attached hydrogens (primary N) is 1. The van der Waals surface area contributed by atoms with Gasteiger partial charge in [-0.3, -0.25) is 0 Å². The van der Waals surface area contributed by atoms with Gasteiger partial charge in [0.05, 0.1) is 22.9 Å². The second-order valence-corrected chi connectivity index (χ2v) is 6.95. The van der Waals surface area contributed by atoms with Crippen molar-refractivity contribution in [1.82, 2.24) is 0 Å². The SMILES string of the molecule is Cc1ccc(S(=O)(=O)CCCOc2ccccc2)c(N)c1. The molecule has 0 saturated heterocycles. The third-order valence-corrected chi connectivity index (χ3v) is 4.94. The van der Waals surface area contributed by atoms with Crippen molar-refractivity contribution < 1.29 is 13.2 Å². The van der Waals surface area contributed by atoms with Crippen molar-refractivity contribution in [2.24, 2.45) is 0 Å².